The molecule has 1 N–H and O–H groups in total. The molecule has 0 saturated carbocycles. The number of nitrogens with one attached hydrogen (secondary N) is 1. The molecule has 1 amide bonds. The van der Waals surface area contributed by atoms with Gasteiger partial charge in [0.25, 0.3) is 0 Å². The molecule has 0 bridgehead atoms. The van der Waals surface area contributed by atoms with Crippen molar-refractivity contribution in [1.29, 1.82) is 0 Å². The van der Waals surface area contributed by atoms with E-state index in [0.29, 0.717) is 6.42 Å². The fraction of sp³-hybridized carbons (Fsp3) is 0.533. The van der Waals surface area contributed by atoms with Crippen LogP contribution in [0.1, 0.15) is 23.1 Å². The van der Waals surface area contributed by atoms with Gasteiger partial charge in [0.15, 0.2) is 0 Å². The zero-order valence-electron chi connectivity index (χ0n) is 11.3. The van der Waals surface area contributed by atoms with Gasteiger partial charge >= 0.3 is 0 Å². The number of rotatable bonds is 3. The van der Waals surface area contributed by atoms with E-state index in [-0.39, 0.29) is 5.91 Å². The minimum Gasteiger partial charge on any atom is -0.341 e. The Kier molecular flexibility index (Phi) is 4.37. The Morgan fingerprint density at radius 1 is 1.28 bits per heavy atom. The molecule has 1 fully saturated rings. The third kappa shape index (κ3) is 3.33. The molecule has 1 heterocycles. The van der Waals surface area contributed by atoms with Crippen molar-refractivity contribution in [2.75, 3.05) is 26.2 Å². The molecule has 0 spiro atoms. The summed E-state index contributed by atoms with van der Waals surface area (Å²) in [6.45, 7) is 7.67. The van der Waals surface area contributed by atoms with Gasteiger partial charge in [0.1, 0.15) is 0 Å². The summed E-state index contributed by atoms with van der Waals surface area (Å²) in [6.07, 6.45) is 1.59. The summed E-state index contributed by atoms with van der Waals surface area (Å²) in [6, 6.07) is 6.54. The molecule has 1 saturated heterocycles. The van der Waals surface area contributed by atoms with E-state index in [2.05, 4.69) is 37.4 Å². The highest BCUT2D eigenvalue weighted by atomic mass is 16.2. The van der Waals surface area contributed by atoms with Crippen molar-refractivity contribution in [3.8, 4) is 0 Å². The van der Waals surface area contributed by atoms with Crippen LogP contribution in [0, 0.1) is 13.8 Å². The van der Waals surface area contributed by atoms with Crippen LogP contribution in [0.15, 0.2) is 18.2 Å². The average molecular weight is 246 g/mol. The Bertz CT molecular complexity index is 429. The van der Waals surface area contributed by atoms with E-state index in [9.17, 15) is 4.79 Å². The summed E-state index contributed by atoms with van der Waals surface area (Å²) in [7, 11) is 0. The van der Waals surface area contributed by atoms with Gasteiger partial charge in [0.2, 0.25) is 5.91 Å². The van der Waals surface area contributed by atoms with Gasteiger partial charge in [-0.05, 0) is 31.4 Å². The molecule has 3 heteroatoms. The Labute approximate surface area is 109 Å². The molecule has 1 aromatic rings. The molecule has 1 aliphatic rings. The second kappa shape index (κ2) is 6.01. The molecule has 0 unspecified atom stereocenters. The molecule has 0 radical (unpaired) electrons. The van der Waals surface area contributed by atoms with Crippen LogP contribution in [0.25, 0.3) is 0 Å². The lowest BCUT2D eigenvalue weighted by Gasteiger charge is -2.20. The first-order chi connectivity index (χ1) is 8.66. The minimum atomic E-state index is 0.282. The molecule has 2 rings (SSSR count). The third-order valence-electron chi connectivity index (χ3n) is 3.58. The van der Waals surface area contributed by atoms with E-state index in [1.165, 1.54) is 16.7 Å². The maximum Gasteiger partial charge on any atom is 0.223 e. The Balaban J connectivity index is 1.95. The lowest BCUT2D eigenvalue weighted by Crippen LogP contribution is -2.34. The lowest BCUT2D eigenvalue weighted by atomic mass is 10.0. The highest BCUT2D eigenvalue weighted by Crippen LogP contribution is 2.12. The molecule has 98 valence electrons. The monoisotopic (exact) mass is 246 g/mol. The zero-order chi connectivity index (χ0) is 13.0. The maximum atomic E-state index is 11.9. The van der Waals surface area contributed by atoms with Crippen LogP contribution in [0.5, 0.6) is 0 Å². The quantitative estimate of drug-likeness (QED) is 0.880. The van der Waals surface area contributed by atoms with Crippen molar-refractivity contribution < 1.29 is 4.79 Å². The van der Waals surface area contributed by atoms with Gasteiger partial charge in [-0.25, -0.2) is 0 Å². The topological polar surface area (TPSA) is 32.3 Å². The molecular formula is C15H22N2O. The van der Waals surface area contributed by atoms with E-state index in [4.69, 9.17) is 0 Å². The first-order valence-corrected chi connectivity index (χ1v) is 6.71. The van der Waals surface area contributed by atoms with Crippen LogP contribution in [0.3, 0.4) is 0 Å². The van der Waals surface area contributed by atoms with Crippen molar-refractivity contribution in [2.45, 2.75) is 26.7 Å². The fourth-order valence-corrected chi connectivity index (χ4v) is 2.44. The molecule has 18 heavy (non-hydrogen) atoms. The van der Waals surface area contributed by atoms with Crippen molar-refractivity contribution in [1.82, 2.24) is 10.2 Å². The third-order valence-corrected chi connectivity index (χ3v) is 3.58. The van der Waals surface area contributed by atoms with Crippen LogP contribution in [-0.4, -0.2) is 37.0 Å². The Morgan fingerprint density at radius 3 is 2.89 bits per heavy atom. The predicted octanol–water partition coefficient (Wildman–Crippen LogP) is 1.67. The SMILES string of the molecule is Cc1ccc(CCN2CCNCCC2=O)c(C)c1. The standard InChI is InChI=1S/C15H22N2O/c1-12-3-4-14(13(2)11-12)6-9-17-10-8-16-7-5-15(17)18/h3-4,11,16H,5-10H2,1-2H3. The largest absolute Gasteiger partial charge is 0.341 e. The molecular weight excluding hydrogens is 224 g/mol. The van der Waals surface area contributed by atoms with Gasteiger partial charge < -0.3 is 10.2 Å². The molecule has 1 aromatic carbocycles. The van der Waals surface area contributed by atoms with Crippen LogP contribution in [0.2, 0.25) is 0 Å². The second-order valence-electron chi connectivity index (χ2n) is 5.06. The molecule has 0 aromatic heterocycles. The first kappa shape index (κ1) is 13.1. The van der Waals surface area contributed by atoms with Gasteiger partial charge in [-0.3, -0.25) is 4.79 Å². The summed E-state index contributed by atoms with van der Waals surface area (Å²) < 4.78 is 0. The van der Waals surface area contributed by atoms with Gasteiger partial charge in [-0.15, -0.1) is 0 Å². The van der Waals surface area contributed by atoms with Crippen molar-refractivity contribution >= 4 is 5.91 Å². The van der Waals surface area contributed by atoms with Crippen molar-refractivity contribution in [3.63, 3.8) is 0 Å². The van der Waals surface area contributed by atoms with E-state index in [1.54, 1.807) is 0 Å². The second-order valence-corrected chi connectivity index (χ2v) is 5.06. The van der Waals surface area contributed by atoms with E-state index in [1.807, 2.05) is 4.90 Å². The minimum absolute atomic E-state index is 0.282. The van der Waals surface area contributed by atoms with Crippen LogP contribution >= 0.6 is 0 Å². The lowest BCUT2D eigenvalue weighted by molar-refractivity contribution is -0.130. The van der Waals surface area contributed by atoms with E-state index < -0.39 is 0 Å². The Hall–Kier alpha value is -1.35. The maximum absolute atomic E-state index is 11.9. The number of nitrogens with zero attached hydrogens (tertiary/aromatic N) is 1. The molecule has 0 atom stereocenters. The van der Waals surface area contributed by atoms with Gasteiger partial charge in [0.05, 0.1) is 0 Å². The fourth-order valence-electron chi connectivity index (χ4n) is 2.44. The van der Waals surface area contributed by atoms with Crippen molar-refractivity contribution in [2.24, 2.45) is 0 Å². The smallest absolute Gasteiger partial charge is 0.223 e. The number of aryl methyl sites for hydroxylation is 2. The number of benzene rings is 1. The Morgan fingerprint density at radius 2 is 2.11 bits per heavy atom. The summed E-state index contributed by atoms with van der Waals surface area (Å²) in [5, 5.41) is 3.26. The number of carbonyl (C=O) groups is 1. The summed E-state index contributed by atoms with van der Waals surface area (Å²) in [5.74, 6) is 0.282. The number of amides is 1. The predicted molar refractivity (Wildman–Crippen MR) is 73.7 cm³/mol. The summed E-state index contributed by atoms with van der Waals surface area (Å²) in [4.78, 5) is 13.8. The average Bonchev–Trinajstić information content (AvgIpc) is 2.53. The number of carbonyl (C=O) groups excluding carboxylic acids is 1. The highest BCUT2D eigenvalue weighted by Gasteiger charge is 2.15. The number of hydrogen-bond acceptors (Lipinski definition) is 2. The summed E-state index contributed by atoms with van der Waals surface area (Å²) in [5.41, 5.74) is 3.98. The molecule has 3 nitrogen and oxygen atoms in total. The zero-order valence-corrected chi connectivity index (χ0v) is 11.3. The van der Waals surface area contributed by atoms with Gasteiger partial charge in [0, 0.05) is 32.6 Å². The van der Waals surface area contributed by atoms with Crippen molar-refractivity contribution in [3.05, 3.63) is 34.9 Å². The van der Waals surface area contributed by atoms with Gasteiger partial charge in [-0.2, -0.15) is 0 Å². The normalized spacial score (nSPS) is 16.8. The number of hydrogen-bond donors (Lipinski definition) is 1. The summed E-state index contributed by atoms with van der Waals surface area (Å²) >= 11 is 0. The van der Waals surface area contributed by atoms with E-state index in [0.717, 1.165) is 32.6 Å². The first-order valence-electron chi connectivity index (χ1n) is 6.71. The molecule has 1 aliphatic heterocycles. The molecule has 0 aliphatic carbocycles. The van der Waals surface area contributed by atoms with E-state index >= 15 is 0 Å². The van der Waals surface area contributed by atoms with Gasteiger partial charge in [-0.1, -0.05) is 23.8 Å². The van der Waals surface area contributed by atoms with Crippen LogP contribution in [-0.2, 0) is 11.2 Å². The van der Waals surface area contributed by atoms with Crippen LogP contribution in [0.4, 0.5) is 0 Å². The highest BCUT2D eigenvalue weighted by molar-refractivity contribution is 5.76. The van der Waals surface area contributed by atoms with Crippen LogP contribution < -0.4 is 5.32 Å².